The van der Waals surface area contributed by atoms with Crippen molar-refractivity contribution in [2.45, 2.75) is 26.0 Å². The molecule has 1 N–H and O–H groups in total. The number of rotatable bonds is 20. The average Bonchev–Trinajstić information content (AvgIpc) is 2.96. The van der Waals surface area contributed by atoms with Gasteiger partial charge in [0.25, 0.3) is 0 Å². The number of aliphatic hydroxyl groups excluding tert-OH is 1. The van der Waals surface area contributed by atoms with Crippen LogP contribution < -0.4 is 18.9 Å². The highest BCUT2D eigenvalue weighted by atomic mass is 16.5. The number of ether oxygens (including phenoxy) is 7. The molecule has 0 bridgehead atoms. The van der Waals surface area contributed by atoms with Crippen LogP contribution in [0.25, 0.3) is 0 Å². The van der Waals surface area contributed by atoms with Crippen LogP contribution in [0, 0.1) is 0 Å². The molecule has 0 amide bonds. The maximum atomic E-state index is 12.9. The minimum atomic E-state index is -1.38. The molecule has 0 aliphatic carbocycles. The van der Waals surface area contributed by atoms with E-state index in [4.69, 9.17) is 33.2 Å². The molecule has 0 saturated carbocycles. The number of aliphatic hydroxyl groups is 1. The van der Waals surface area contributed by atoms with E-state index in [2.05, 4.69) is 18.7 Å². The number of nitrogens with zero attached hydrogens (tertiary/aromatic N) is 1. The molecule has 0 aromatic heterocycles. The quantitative estimate of drug-likeness (QED) is 0.195. The largest absolute Gasteiger partial charge is 0.493 e. The van der Waals surface area contributed by atoms with Gasteiger partial charge in [0.1, 0.15) is 12.7 Å². The number of methoxy groups -OCH3 is 4. The molecule has 2 aromatic carbocycles. The Bertz CT molecular complexity index is 999. The molecule has 2 aromatic rings. The molecule has 0 aliphatic rings. The molecule has 39 heavy (non-hydrogen) atoms. The first-order valence-electron chi connectivity index (χ1n) is 13.0. The maximum absolute atomic E-state index is 12.9. The first kappa shape index (κ1) is 32.3. The summed E-state index contributed by atoms with van der Waals surface area (Å²) < 4.78 is 38.0. The zero-order chi connectivity index (χ0) is 28.6. The third-order valence-corrected chi connectivity index (χ3v) is 6.11. The number of ketones is 1. The summed E-state index contributed by atoms with van der Waals surface area (Å²) >= 11 is 0. The van der Waals surface area contributed by atoms with E-state index >= 15 is 0 Å². The van der Waals surface area contributed by atoms with Crippen LogP contribution >= 0.6 is 0 Å². The SMILES string of the molecule is COCCOCCOCCN(CCOc1ccc(C(O)C(=O)c2ccc(OC)c(OC)c2)cc1OC)C(C)C. The van der Waals surface area contributed by atoms with Gasteiger partial charge in [0, 0.05) is 31.8 Å². The molecule has 2 rings (SSSR count). The Kier molecular flexibility index (Phi) is 14.6. The molecule has 218 valence electrons. The summed E-state index contributed by atoms with van der Waals surface area (Å²) in [6, 6.07) is 10.0. The van der Waals surface area contributed by atoms with E-state index in [0.717, 1.165) is 6.54 Å². The van der Waals surface area contributed by atoms with E-state index in [1.807, 2.05) is 0 Å². The summed E-state index contributed by atoms with van der Waals surface area (Å²) in [5, 5.41) is 10.8. The van der Waals surface area contributed by atoms with E-state index in [1.165, 1.54) is 21.3 Å². The number of carbonyl (C=O) groups is 1. The lowest BCUT2D eigenvalue weighted by Gasteiger charge is -2.26. The topological polar surface area (TPSA) is 105 Å². The van der Waals surface area contributed by atoms with Crippen LogP contribution in [0.15, 0.2) is 36.4 Å². The third-order valence-electron chi connectivity index (χ3n) is 6.11. The fourth-order valence-corrected chi connectivity index (χ4v) is 3.82. The molecule has 0 radical (unpaired) electrons. The molecule has 0 aliphatic heterocycles. The van der Waals surface area contributed by atoms with Crippen molar-refractivity contribution in [2.75, 3.05) is 81.2 Å². The van der Waals surface area contributed by atoms with Crippen LogP contribution in [0.5, 0.6) is 23.0 Å². The Balaban J connectivity index is 1.91. The van der Waals surface area contributed by atoms with Crippen molar-refractivity contribution in [3.8, 4) is 23.0 Å². The number of hydrogen-bond acceptors (Lipinski definition) is 10. The summed E-state index contributed by atoms with van der Waals surface area (Å²) in [5.41, 5.74) is 0.696. The van der Waals surface area contributed by atoms with Gasteiger partial charge in [-0.25, -0.2) is 0 Å². The van der Waals surface area contributed by atoms with Crippen molar-refractivity contribution in [3.63, 3.8) is 0 Å². The minimum absolute atomic E-state index is 0.302. The molecule has 0 spiro atoms. The predicted octanol–water partition coefficient (Wildman–Crippen LogP) is 3.40. The second-order valence-electron chi connectivity index (χ2n) is 8.94. The highest BCUT2D eigenvalue weighted by molar-refractivity contribution is 6.00. The van der Waals surface area contributed by atoms with Gasteiger partial charge in [-0.1, -0.05) is 6.07 Å². The Morgan fingerprint density at radius 3 is 1.97 bits per heavy atom. The summed E-state index contributed by atoms with van der Waals surface area (Å²) in [6.45, 7) is 8.95. The maximum Gasteiger partial charge on any atom is 0.195 e. The number of carbonyl (C=O) groups excluding carboxylic acids is 1. The van der Waals surface area contributed by atoms with Crippen LogP contribution in [0.3, 0.4) is 0 Å². The Morgan fingerprint density at radius 2 is 1.33 bits per heavy atom. The van der Waals surface area contributed by atoms with Gasteiger partial charge >= 0.3 is 0 Å². The van der Waals surface area contributed by atoms with E-state index in [0.29, 0.717) is 86.4 Å². The van der Waals surface area contributed by atoms with E-state index in [1.54, 1.807) is 43.5 Å². The predicted molar refractivity (Wildman–Crippen MR) is 148 cm³/mol. The fourth-order valence-electron chi connectivity index (χ4n) is 3.82. The first-order chi connectivity index (χ1) is 18.9. The monoisotopic (exact) mass is 549 g/mol. The standard InChI is InChI=1S/C29H43NO9/c1-21(2)30(11-13-37-17-18-38-16-15-33-3)12-14-39-25-10-8-23(20-27(25)36-6)29(32)28(31)22-7-9-24(34-4)26(19-22)35-5/h7-10,19-21,29,32H,11-18H2,1-6H3. The van der Waals surface area contributed by atoms with Gasteiger partial charge in [0.05, 0.1) is 54.4 Å². The minimum Gasteiger partial charge on any atom is -0.493 e. The van der Waals surface area contributed by atoms with Gasteiger partial charge in [0.2, 0.25) is 0 Å². The van der Waals surface area contributed by atoms with Crippen LogP contribution in [-0.2, 0) is 14.2 Å². The second kappa shape index (κ2) is 17.6. The molecule has 1 atom stereocenters. The lowest BCUT2D eigenvalue weighted by molar-refractivity contribution is 0.0165. The first-order valence-corrected chi connectivity index (χ1v) is 13.0. The van der Waals surface area contributed by atoms with Gasteiger partial charge < -0.3 is 38.3 Å². The number of benzene rings is 2. The van der Waals surface area contributed by atoms with Crippen molar-refractivity contribution in [2.24, 2.45) is 0 Å². The van der Waals surface area contributed by atoms with Crippen molar-refractivity contribution < 1.29 is 43.1 Å². The molecule has 0 saturated heterocycles. The highest BCUT2D eigenvalue weighted by Gasteiger charge is 2.22. The second-order valence-corrected chi connectivity index (χ2v) is 8.94. The summed E-state index contributed by atoms with van der Waals surface area (Å²) in [4.78, 5) is 15.2. The molecule has 10 heteroatoms. The zero-order valence-corrected chi connectivity index (χ0v) is 23.9. The molecule has 0 fully saturated rings. The smallest absolute Gasteiger partial charge is 0.195 e. The van der Waals surface area contributed by atoms with Gasteiger partial charge in [0.15, 0.2) is 28.8 Å². The summed E-state index contributed by atoms with van der Waals surface area (Å²) in [7, 11) is 6.17. The average molecular weight is 550 g/mol. The van der Waals surface area contributed by atoms with Crippen LogP contribution in [0.2, 0.25) is 0 Å². The van der Waals surface area contributed by atoms with E-state index in [9.17, 15) is 9.90 Å². The Hall–Kier alpha value is -2.89. The number of hydrogen-bond donors (Lipinski definition) is 1. The summed E-state index contributed by atoms with van der Waals surface area (Å²) in [5.74, 6) is 1.40. The van der Waals surface area contributed by atoms with Gasteiger partial charge in [-0.05, 0) is 49.7 Å². The lowest BCUT2D eigenvalue weighted by atomic mass is 9.99. The third kappa shape index (κ3) is 10.3. The van der Waals surface area contributed by atoms with Crippen LogP contribution in [0.1, 0.15) is 35.9 Å². The Labute approximate surface area is 231 Å². The van der Waals surface area contributed by atoms with Crippen molar-refractivity contribution in [1.29, 1.82) is 0 Å². The van der Waals surface area contributed by atoms with Crippen molar-refractivity contribution in [1.82, 2.24) is 4.90 Å². The van der Waals surface area contributed by atoms with Gasteiger partial charge in [-0.2, -0.15) is 0 Å². The van der Waals surface area contributed by atoms with Crippen molar-refractivity contribution >= 4 is 5.78 Å². The zero-order valence-electron chi connectivity index (χ0n) is 23.9. The number of Topliss-reactive ketones (excluding diaryl/α,β-unsaturated/α-hetero) is 1. The van der Waals surface area contributed by atoms with E-state index in [-0.39, 0.29) is 0 Å². The molecular formula is C29H43NO9. The van der Waals surface area contributed by atoms with Crippen LogP contribution in [0.4, 0.5) is 0 Å². The molecule has 10 nitrogen and oxygen atoms in total. The summed E-state index contributed by atoms with van der Waals surface area (Å²) in [6.07, 6.45) is -1.38. The normalized spacial score (nSPS) is 12.0. The molecular weight excluding hydrogens is 506 g/mol. The van der Waals surface area contributed by atoms with Crippen LogP contribution in [-0.4, -0.2) is 103 Å². The molecule has 0 heterocycles. The Morgan fingerprint density at radius 1 is 0.744 bits per heavy atom. The van der Waals surface area contributed by atoms with Crippen molar-refractivity contribution in [3.05, 3.63) is 47.5 Å². The van der Waals surface area contributed by atoms with Gasteiger partial charge in [-0.15, -0.1) is 0 Å². The highest BCUT2D eigenvalue weighted by Crippen LogP contribution is 2.33. The fraction of sp³-hybridized carbons (Fsp3) is 0.552. The lowest BCUT2D eigenvalue weighted by Crippen LogP contribution is -2.37. The van der Waals surface area contributed by atoms with E-state index < -0.39 is 11.9 Å². The molecule has 1 unspecified atom stereocenters. The van der Waals surface area contributed by atoms with Gasteiger partial charge in [-0.3, -0.25) is 9.69 Å².